The molecule has 1 aromatic carbocycles. The number of nitrogens with two attached hydrogens (primary N) is 1. The Morgan fingerprint density at radius 3 is 2.71 bits per heavy atom. The van der Waals surface area contributed by atoms with Gasteiger partial charge in [-0.05, 0) is 42.5 Å². The van der Waals surface area contributed by atoms with Gasteiger partial charge in [-0.25, -0.2) is 13.1 Å². The van der Waals surface area contributed by atoms with E-state index in [-0.39, 0.29) is 17.3 Å². The number of nitrogens with one attached hydrogen (secondary N) is 1. The highest BCUT2D eigenvalue weighted by Crippen LogP contribution is 2.25. The minimum absolute atomic E-state index is 0.0147. The molecule has 6 nitrogen and oxygen atoms in total. The van der Waals surface area contributed by atoms with Crippen molar-refractivity contribution in [3.8, 4) is 0 Å². The highest BCUT2D eigenvalue weighted by molar-refractivity contribution is 7.89. The molecular weight excluding hydrogens is 290 g/mol. The van der Waals surface area contributed by atoms with Crippen molar-refractivity contribution in [2.75, 3.05) is 6.54 Å². The van der Waals surface area contributed by atoms with Crippen molar-refractivity contribution in [3.63, 3.8) is 0 Å². The standard InChI is InChI=1S/C14H21N3O3S/c1-14(2,13(15)17-18)9-16-21(19,20)12-7-6-10-4-3-5-11(10)8-12/h6-8,16,18H,3-5,9H2,1-2H3,(H2,15,17). The highest BCUT2D eigenvalue weighted by Gasteiger charge is 2.27. The molecule has 0 aliphatic heterocycles. The highest BCUT2D eigenvalue weighted by atomic mass is 32.2. The van der Waals surface area contributed by atoms with E-state index in [1.807, 2.05) is 6.07 Å². The molecule has 1 aliphatic carbocycles. The fourth-order valence-electron chi connectivity index (χ4n) is 2.30. The minimum Gasteiger partial charge on any atom is -0.409 e. The minimum atomic E-state index is -3.60. The zero-order valence-corrected chi connectivity index (χ0v) is 13.1. The van der Waals surface area contributed by atoms with E-state index in [1.165, 1.54) is 5.56 Å². The van der Waals surface area contributed by atoms with E-state index in [4.69, 9.17) is 10.9 Å². The molecule has 21 heavy (non-hydrogen) atoms. The van der Waals surface area contributed by atoms with Crippen LogP contribution in [0.1, 0.15) is 31.4 Å². The third-order valence-electron chi connectivity index (χ3n) is 3.89. The van der Waals surface area contributed by atoms with Crippen LogP contribution < -0.4 is 10.5 Å². The van der Waals surface area contributed by atoms with Crippen LogP contribution >= 0.6 is 0 Å². The van der Waals surface area contributed by atoms with Gasteiger partial charge in [-0.3, -0.25) is 0 Å². The zero-order chi connectivity index (χ0) is 15.7. The average molecular weight is 311 g/mol. The van der Waals surface area contributed by atoms with E-state index in [2.05, 4.69) is 9.88 Å². The second kappa shape index (κ2) is 5.65. The second-order valence-electron chi connectivity index (χ2n) is 5.98. The first-order valence-electron chi connectivity index (χ1n) is 6.86. The van der Waals surface area contributed by atoms with E-state index in [1.54, 1.807) is 26.0 Å². The van der Waals surface area contributed by atoms with Gasteiger partial charge < -0.3 is 10.9 Å². The lowest BCUT2D eigenvalue weighted by Gasteiger charge is -2.23. The summed E-state index contributed by atoms with van der Waals surface area (Å²) in [7, 11) is -3.60. The third kappa shape index (κ3) is 3.36. The van der Waals surface area contributed by atoms with Gasteiger partial charge in [-0.2, -0.15) is 0 Å². The molecule has 0 saturated carbocycles. The average Bonchev–Trinajstić information content (AvgIpc) is 2.91. The summed E-state index contributed by atoms with van der Waals surface area (Å²) < 4.78 is 27.2. The van der Waals surface area contributed by atoms with Gasteiger partial charge in [-0.15, -0.1) is 0 Å². The molecule has 0 fully saturated rings. The van der Waals surface area contributed by atoms with Crippen molar-refractivity contribution in [1.29, 1.82) is 0 Å². The van der Waals surface area contributed by atoms with Crippen LogP contribution in [0.3, 0.4) is 0 Å². The van der Waals surface area contributed by atoms with Gasteiger partial charge in [0.2, 0.25) is 10.0 Å². The predicted octanol–water partition coefficient (Wildman–Crippen LogP) is 1.23. The number of aryl methyl sites for hydroxylation is 2. The molecule has 0 unspecified atom stereocenters. The summed E-state index contributed by atoms with van der Waals surface area (Å²) >= 11 is 0. The Kier molecular flexibility index (Phi) is 4.25. The molecule has 0 spiro atoms. The van der Waals surface area contributed by atoms with Gasteiger partial charge in [0.15, 0.2) is 0 Å². The van der Waals surface area contributed by atoms with Crippen molar-refractivity contribution in [1.82, 2.24) is 4.72 Å². The summed E-state index contributed by atoms with van der Waals surface area (Å²) in [5.74, 6) is -0.0147. The lowest BCUT2D eigenvalue weighted by Crippen LogP contribution is -2.42. The summed E-state index contributed by atoms with van der Waals surface area (Å²) in [5, 5.41) is 11.6. The van der Waals surface area contributed by atoms with E-state index < -0.39 is 15.4 Å². The Labute approximate surface area is 125 Å². The normalized spacial score (nSPS) is 16.0. The molecule has 2 rings (SSSR count). The van der Waals surface area contributed by atoms with Crippen molar-refractivity contribution >= 4 is 15.9 Å². The van der Waals surface area contributed by atoms with Gasteiger partial charge in [0.1, 0.15) is 5.84 Å². The molecule has 0 radical (unpaired) electrons. The molecule has 0 aromatic heterocycles. The molecule has 0 saturated heterocycles. The molecule has 0 atom stereocenters. The van der Waals surface area contributed by atoms with Crippen LogP contribution in [0.15, 0.2) is 28.3 Å². The lowest BCUT2D eigenvalue weighted by atomic mass is 9.93. The molecule has 1 aliphatic rings. The first-order chi connectivity index (χ1) is 9.76. The van der Waals surface area contributed by atoms with Gasteiger partial charge in [0.05, 0.1) is 4.90 Å². The molecule has 1 aromatic rings. The second-order valence-corrected chi connectivity index (χ2v) is 7.74. The van der Waals surface area contributed by atoms with Gasteiger partial charge in [0.25, 0.3) is 0 Å². The monoisotopic (exact) mass is 311 g/mol. The number of rotatable bonds is 5. The maximum Gasteiger partial charge on any atom is 0.240 e. The summed E-state index contributed by atoms with van der Waals surface area (Å²) in [6.45, 7) is 3.46. The third-order valence-corrected chi connectivity index (χ3v) is 5.28. The number of hydrogen-bond donors (Lipinski definition) is 3. The molecule has 4 N–H and O–H groups in total. The van der Waals surface area contributed by atoms with Crippen molar-refractivity contribution in [3.05, 3.63) is 29.3 Å². The van der Waals surface area contributed by atoms with E-state index in [0.717, 1.165) is 24.8 Å². The summed E-state index contributed by atoms with van der Waals surface area (Å²) in [6, 6.07) is 5.25. The van der Waals surface area contributed by atoms with Crippen LogP contribution in [0.5, 0.6) is 0 Å². The summed E-state index contributed by atoms with van der Waals surface area (Å²) in [4.78, 5) is 0.262. The molecule has 0 heterocycles. The molecular formula is C14H21N3O3S. The quantitative estimate of drug-likeness (QED) is 0.329. The lowest BCUT2D eigenvalue weighted by molar-refractivity contribution is 0.307. The predicted molar refractivity (Wildman–Crippen MR) is 80.8 cm³/mol. The van der Waals surface area contributed by atoms with Crippen molar-refractivity contribution in [2.24, 2.45) is 16.3 Å². The number of amidine groups is 1. The smallest absolute Gasteiger partial charge is 0.240 e. The number of nitrogens with zero attached hydrogens (tertiary/aromatic N) is 1. The van der Waals surface area contributed by atoms with Crippen molar-refractivity contribution < 1.29 is 13.6 Å². The van der Waals surface area contributed by atoms with Crippen LogP contribution in [0.4, 0.5) is 0 Å². The first kappa shape index (κ1) is 15.8. The fraction of sp³-hybridized carbons (Fsp3) is 0.500. The van der Waals surface area contributed by atoms with Gasteiger partial charge in [-0.1, -0.05) is 25.1 Å². The maximum atomic E-state index is 12.3. The van der Waals surface area contributed by atoms with E-state index in [9.17, 15) is 8.42 Å². The Morgan fingerprint density at radius 2 is 2.05 bits per heavy atom. The van der Waals surface area contributed by atoms with E-state index >= 15 is 0 Å². The number of fused-ring (bicyclic) bond motifs is 1. The summed E-state index contributed by atoms with van der Waals surface area (Å²) in [5.41, 5.74) is 7.13. The number of hydrogen-bond acceptors (Lipinski definition) is 4. The Hall–Kier alpha value is -1.60. The van der Waals surface area contributed by atoms with E-state index in [0.29, 0.717) is 0 Å². The van der Waals surface area contributed by atoms with Crippen LogP contribution in [-0.2, 0) is 22.9 Å². The number of benzene rings is 1. The maximum absolute atomic E-state index is 12.3. The Morgan fingerprint density at radius 1 is 1.38 bits per heavy atom. The van der Waals surface area contributed by atoms with Crippen LogP contribution in [0, 0.1) is 5.41 Å². The van der Waals surface area contributed by atoms with Crippen LogP contribution in [0.2, 0.25) is 0 Å². The zero-order valence-electron chi connectivity index (χ0n) is 12.3. The topological polar surface area (TPSA) is 105 Å². The van der Waals surface area contributed by atoms with Crippen molar-refractivity contribution in [2.45, 2.75) is 38.0 Å². The van der Waals surface area contributed by atoms with Gasteiger partial charge >= 0.3 is 0 Å². The molecule has 0 bridgehead atoms. The van der Waals surface area contributed by atoms with Crippen LogP contribution in [0.25, 0.3) is 0 Å². The number of oxime groups is 1. The largest absolute Gasteiger partial charge is 0.409 e. The Bertz CT molecular complexity index is 666. The Balaban J connectivity index is 2.16. The number of sulfonamides is 1. The summed E-state index contributed by atoms with van der Waals surface area (Å²) in [6.07, 6.45) is 3.01. The molecule has 7 heteroatoms. The van der Waals surface area contributed by atoms with Crippen LogP contribution in [-0.4, -0.2) is 26.0 Å². The fourth-order valence-corrected chi connectivity index (χ4v) is 3.56. The molecule has 116 valence electrons. The SMILES string of the molecule is CC(C)(CNS(=O)(=O)c1ccc2c(c1)CCC2)/C(N)=N/O. The van der Waals surface area contributed by atoms with Gasteiger partial charge in [0, 0.05) is 12.0 Å². The first-order valence-corrected chi connectivity index (χ1v) is 8.34. The molecule has 0 amide bonds.